The zero-order valence-electron chi connectivity index (χ0n) is 11.9. The van der Waals surface area contributed by atoms with Crippen molar-refractivity contribution in [2.24, 2.45) is 0 Å². The molecule has 2 nitrogen and oxygen atoms in total. The Balaban J connectivity index is 2.06. The van der Waals surface area contributed by atoms with Gasteiger partial charge in [0.15, 0.2) is 0 Å². The fourth-order valence-electron chi connectivity index (χ4n) is 2.57. The van der Waals surface area contributed by atoms with Crippen LogP contribution < -0.4 is 10.1 Å². The summed E-state index contributed by atoms with van der Waals surface area (Å²) in [6.07, 6.45) is 4.95. The molecule has 1 N–H and O–H groups in total. The first kappa shape index (κ1) is 13.4. The van der Waals surface area contributed by atoms with Gasteiger partial charge in [-0.25, -0.2) is 0 Å². The highest BCUT2D eigenvalue weighted by atomic mass is 16.5. The number of fused-ring (bicyclic) bond motifs is 1. The van der Waals surface area contributed by atoms with Crippen molar-refractivity contribution in [3.05, 3.63) is 28.8 Å². The Kier molecular flexibility index (Phi) is 4.65. The van der Waals surface area contributed by atoms with Crippen LogP contribution in [0.5, 0.6) is 5.75 Å². The van der Waals surface area contributed by atoms with E-state index in [2.05, 4.69) is 38.2 Å². The average Bonchev–Trinajstić information content (AvgIpc) is 2.39. The van der Waals surface area contributed by atoms with Gasteiger partial charge in [0.05, 0.1) is 6.61 Å². The topological polar surface area (TPSA) is 21.3 Å². The SMILES string of the molecule is CCCCCNC1CCOc2c1ccc(C)c2C. The van der Waals surface area contributed by atoms with Crippen molar-refractivity contribution in [1.29, 1.82) is 0 Å². The Morgan fingerprint density at radius 2 is 2.11 bits per heavy atom. The second kappa shape index (κ2) is 6.24. The fourth-order valence-corrected chi connectivity index (χ4v) is 2.57. The summed E-state index contributed by atoms with van der Waals surface area (Å²) < 4.78 is 5.85. The molecule has 0 fully saturated rings. The fraction of sp³-hybridized carbons (Fsp3) is 0.625. The summed E-state index contributed by atoms with van der Waals surface area (Å²) >= 11 is 0. The van der Waals surface area contributed by atoms with Gasteiger partial charge in [0.25, 0.3) is 0 Å². The number of ether oxygens (including phenoxy) is 1. The molecule has 2 heteroatoms. The molecular weight excluding hydrogens is 222 g/mol. The summed E-state index contributed by atoms with van der Waals surface area (Å²) in [5, 5.41) is 3.68. The second-order valence-electron chi connectivity index (χ2n) is 5.28. The Bertz CT molecular complexity index is 400. The van der Waals surface area contributed by atoms with E-state index in [0.717, 1.165) is 25.3 Å². The normalized spacial score (nSPS) is 18.3. The van der Waals surface area contributed by atoms with Crippen molar-refractivity contribution in [1.82, 2.24) is 5.32 Å². The molecule has 0 radical (unpaired) electrons. The molecule has 1 heterocycles. The maximum atomic E-state index is 5.85. The van der Waals surface area contributed by atoms with Crippen LogP contribution in [-0.2, 0) is 0 Å². The third kappa shape index (κ3) is 2.86. The van der Waals surface area contributed by atoms with Crippen LogP contribution in [0.25, 0.3) is 0 Å². The number of unbranched alkanes of at least 4 members (excludes halogenated alkanes) is 2. The molecule has 0 bridgehead atoms. The van der Waals surface area contributed by atoms with Crippen molar-refractivity contribution in [3.8, 4) is 5.75 Å². The Morgan fingerprint density at radius 3 is 2.89 bits per heavy atom. The van der Waals surface area contributed by atoms with E-state index in [9.17, 15) is 0 Å². The third-order valence-electron chi connectivity index (χ3n) is 3.91. The molecule has 100 valence electrons. The number of nitrogens with one attached hydrogen (secondary N) is 1. The number of benzene rings is 1. The molecule has 0 amide bonds. The molecular formula is C16H25NO. The average molecular weight is 247 g/mol. The molecule has 0 aromatic heterocycles. The smallest absolute Gasteiger partial charge is 0.127 e. The van der Waals surface area contributed by atoms with Gasteiger partial charge in [0, 0.05) is 18.0 Å². The van der Waals surface area contributed by atoms with Crippen molar-refractivity contribution < 1.29 is 4.74 Å². The highest BCUT2D eigenvalue weighted by molar-refractivity contribution is 5.47. The minimum Gasteiger partial charge on any atom is -0.493 e. The van der Waals surface area contributed by atoms with Gasteiger partial charge >= 0.3 is 0 Å². The van der Waals surface area contributed by atoms with Crippen LogP contribution in [0.3, 0.4) is 0 Å². The third-order valence-corrected chi connectivity index (χ3v) is 3.91. The molecule has 0 saturated heterocycles. The Hall–Kier alpha value is -1.02. The van der Waals surface area contributed by atoms with E-state index in [-0.39, 0.29) is 0 Å². The summed E-state index contributed by atoms with van der Waals surface area (Å²) in [6.45, 7) is 8.51. The van der Waals surface area contributed by atoms with Gasteiger partial charge in [-0.05, 0) is 37.9 Å². The van der Waals surface area contributed by atoms with Gasteiger partial charge in [-0.3, -0.25) is 0 Å². The molecule has 1 unspecified atom stereocenters. The van der Waals surface area contributed by atoms with Crippen molar-refractivity contribution in [3.63, 3.8) is 0 Å². The van der Waals surface area contributed by atoms with Gasteiger partial charge in [0.2, 0.25) is 0 Å². The van der Waals surface area contributed by atoms with E-state index in [1.54, 1.807) is 0 Å². The molecule has 1 aliphatic heterocycles. The van der Waals surface area contributed by atoms with Gasteiger partial charge in [-0.15, -0.1) is 0 Å². The van der Waals surface area contributed by atoms with Gasteiger partial charge < -0.3 is 10.1 Å². The maximum absolute atomic E-state index is 5.85. The summed E-state index contributed by atoms with van der Waals surface area (Å²) in [4.78, 5) is 0. The molecule has 1 aromatic rings. The van der Waals surface area contributed by atoms with Crippen LogP contribution in [0.1, 0.15) is 55.3 Å². The summed E-state index contributed by atoms with van der Waals surface area (Å²) in [5.41, 5.74) is 3.97. The van der Waals surface area contributed by atoms with Gasteiger partial charge in [-0.2, -0.15) is 0 Å². The summed E-state index contributed by atoms with van der Waals surface area (Å²) in [7, 11) is 0. The maximum Gasteiger partial charge on any atom is 0.127 e. The van der Waals surface area contributed by atoms with E-state index in [4.69, 9.17) is 4.74 Å². The largest absolute Gasteiger partial charge is 0.493 e. The van der Waals surface area contributed by atoms with Crippen LogP contribution >= 0.6 is 0 Å². The number of rotatable bonds is 5. The lowest BCUT2D eigenvalue weighted by Gasteiger charge is -2.28. The van der Waals surface area contributed by atoms with E-state index < -0.39 is 0 Å². The molecule has 18 heavy (non-hydrogen) atoms. The minimum atomic E-state index is 0.477. The van der Waals surface area contributed by atoms with Crippen LogP contribution in [-0.4, -0.2) is 13.2 Å². The minimum absolute atomic E-state index is 0.477. The van der Waals surface area contributed by atoms with E-state index in [1.807, 2.05) is 0 Å². The lowest BCUT2D eigenvalue weighted by Crippen LogP contribution is -2.28. The number of hydrogen-bond acceptors (Lipinski definition) is 2. The Labute approximate surface area is 111 Å². The number of hydrogen-bond donors (Lipinski definition) is 1. The molecule has 1 atom stereocenters. The highest BCUT2D eigenvalue weighted by Gasteiger charge is 2.22. The van der Waals surface area contributed by atoms with E-state index in [1.165, 1.54) is 36.0 Å². The predicted molar refractivity (Wildman–Crippen MR) is 76.3 cm³/mol. The summed E-state index contributed by atoms with van der Waals surface area (Å²) in [5.74, 6) is 1.12. The van der Waals surface area contributed by atoms with E-state index in [0.29, 0.717) is 6.04 Å². The Morgan fingerprint density at radius 1 is 1.28 bits per heavy atom. The molecule has 2 rings (SSSR count). The van der Waals surface area contributed by atoms with Crippen LogP contribution in [0.15, 0.2) is 12.1 Å². The predicted octanol–water partition coefficient (Wildman–Crippen LogP) is 3.91. The molecule has 0 aliphatic carbocycles. The second-order valence-corrected chi connectivity index (χ2v) is 5.28. The quantitative estimate of drug-likeness (QED) is 0.797. The van der Waals surface area contributed by atoms with Crippen LogP contribution in [0.4, 0.5) is 0 Å². The van der Waals surface area contributed by atoms with E-state index >= 15 is 0 Å². The molecule has 1 aromatic carbocycles. The summed E-state index contributed by atoms with van der Waals surface area (Å²) in [6, 6.07) is 4.92. The monoisotopic (exact) mass is 247 g/mol. The zero-order valence-corrected chi connectivity index (χ0v) is 11.9. The standard InChI is InChI=1S/C16H25NO/c1-4-5-6-10-17-15-9-11-18-16-13(3)12(2)7-8-14(15)16/h7-8,15,17H,4-6,9-11H2,1-3H3. The zero-order chi connectivity index (χ0) is 13.0. The van der Waals surface area contributed by atoms with Gasteiger partial charge in [0.1, 0.15) is 5.75 Å². The highest BCUT2D eigenvalue weighted by Crippen LogP contribution is 2.36. The van der Waals surface area contributed by atoms with Crippen molar-refractivity contribution >= 4 is 0 Å². The first-order valence-electron chi connectivity index (χ1n) is 7.20. The lowest BCUT2D eigenvalue weighted by molar-refractivity contribution is 0.250. The first-order valence-corrected chi connectivity index (χ1v) is 7.20. The molecule has 0 saturated carbocycles. The van der Waals surface area contributed by atoms with Gasteiger partial charge in [-0.1, -0.05) is 31.9 Å². The first-order chi connectivity index (χ1) is 8.74. The van der Waals surface area contributed by atoms with Crippen LogP contribution in [0, 0.1) is 13.8 Å². The van der Waals surface area contributed by atoms with Crippen LogP contribution in [0.2, 0.25) is 0 Å². The van der Waals surface area contributed by atoms with Crippen molar-refractivity contribution in [2.75, 3.05) is 13.2 Å². The molecule has 1 aliphatic rings. The molecule has 0 spiro atoms. The lowest BCUT2D eigenvalue weighted by atomic mass is 9.95. The number of aryl methyl sites for hydroxylation is 1. The van der Waals surface area contributed by atoms with Crippen molar-refractivity contribution in [2.45, 2.75) is 52.5 Å².